The van der Waals surface area contributed by atoms with Crippen LogP contribution in [0.25, 0.3) is 0 Å². The van der Waals surface area contributed by atoms with E-state index in [1.807, 2.05) is 18.2 Å². The third-order valence-corrected chi connectivity index (χ3v) is 5.16. The van der Waals surface area contributed by atoms with Crippen molar-refractivity contribution in [2.45, 2.75) is 37.8 Å². The lowest BCUT2D eigenvalue weighted by Crippen LogP contribution is -2.37. The van der Waals surface area contributed by atoms with Crippen molar-refractivity contribution in [1.82, 2.24) is 9.80 Å². The predicted molar refractivity (Wildman–Crippen MR) is 88.6 cm³/mol. The zero-order valence-electron chi connectivity index (χ0n) is 12.7. The maximum Gasteiger partial charge on any atom is 0.0409 e. The highest BCUT2D eigenvalue weighted by Crippen LogP contribution is 2.23. The highest BCUT2D eigenvalue weighted by atomic mass is 35.5. The Morgan fingerprint density at radius 1 is 1.24 bits per heavy atom. The summed E-state index contributed by atoms with van der Waals surface area (Å²) in [4.78, 5) is 5.29. The minimum atomic E-state index is 0.0895. The van der Waals surface area contributed by atoms with E-state index in [0.717, 1.165) is 29.6 Å². The molecule has 2 atom stereocenters. The summed E-state index contributed by atoms with van der Waals surface area (Å²) in [6.45, 7) is 6.12. The molecule has 2 aliphatic heterocycles. The molecular formula is C17H26ClN3. The molecule has 2 heterocycles. The van der Waals surface area contributed by atoms with Gasteiger partial charge in [-0.25, -0.2) is 0 Å². The van der Waals surface area contributed by atoms with Crippen molar-refractivity contribution in [2.24, 2.45) is 5.73 Å². The second kappa shape index (κ2) is 7.10. The largest absolute Gasteiger partial charge is 0.324 e. The fourth-order valence-electron chi connectivity index (χ4n) is 3.71. The van der Waals surface area contributed by atoms with Crippen molar-refractivity contribution in [3.63, 3.8) is 0 Å². The van der Waals surface area contributed by atoms with Crippen molar-refractivity contribution in [3.05, 3.63) is 34.9 Å². The molecule has 2 fully saturated rings. The van der Waals surface area contributed by atoms with Gasteiger partial charge in [0, 0.05) is 30.2 Å². The lowest BCUT2D eigenvalue weighted by Gasteiger charge is -2.26. The van der Waals surface area contributed by atoms with Crippen LogP contribution in [0.1, 0.15) is 37.3 Å². The molecule has 0 amide bonds. The summed E-state index contributed by atoms with van der Waals surface area (Å²) in [6.07, 6.45) is 5.05. The van der Waals surface area contributed by atoms with Crippen molar-refractivity contribution in [3.8, 4) is 0 Å². The van der Waals surface area contributed by atoms with Crippen LogP contribution in [0.3, 0.4) is 0 Å². The summed E-state index contributed by atoms with van der Waals surface area (Å²) in [6, 6.07) is 8.84. The highest BCUT2D eigenvalue weighted by molar-refractivity contribution is 6.30. The molecule has 2 aliphatic rings. The summed E-state index contributed by atoms with van der Waals surface area (Å²) < 4.78 is 0. The summed E-state index contributed by atoms with van der Waals surface area (Å²) in [7, 11) is 0. The van der Waals surface area contributed by atoms with Gasteiger partial charge in [0.15, 0.2) is 0 Å². The fourth-order valence-corrected chi connectivity index (χ4v) is 3.91. The fraction of sp³-hybridized carbons (Fsp3) is 0.647. The Morgan fingerprint density at radius 3 is 2.95 bits per heavy atom. The van der Waals surface area contributed by atoms with E-state index in [2.05, 4.69) is 15.9 Å². The zero-order chi connectivity index (χ0) is 14.7. The third kappa shape index (κ3) is 3.98. The number of hydrogen-bond acceptors (Lipinski definition) is 3. The van der Waals surface area contributed by atoms with E-state index in [1.54, 1.807) is 0 Å². The topological polar surface area (TPSA) is 32.5 Å². The molecule has 0 bridgehead atoms. The third-order valence-electron chi connectivity index (χ3n) is 4.92. The normalized spacial score (nSPS) is 25.5. The van der Waals surface area contributed by atoms with Gasteiger partial charge in [-0.15, -0.1) is 0 Å². The molecule has 2 saturated heterocycles. The van der Waals surface area contributed by atoms with Crippen molar-refractivity contribution < 1.29 is 0 Å². The molecule has 2 N–H and O–H groups in total. The molecule has 1 aromatic rings. The molecule has 0 spiro atoms. The van der Waals surface area contributed by atoms with E-state index in [1.165, 1.54) is 45.4 Å². The Hall–Kier alpha value is -0.610. The Morgan fingerprint density at radius 2 is 2.10 bits per heavy atom. The number of benzene rings is 1. The van der Waals surface area contributed by atoms with Crippen molar-refractivity contribution >= 4 is 11.6 Å². The number of fused-ring (bicyclic) bond motifs is 1. The standard InChI is InChI=1S/C17H26ClN3/c18-15-5-1-4-14(12-15)17(19)7-11-20-8-3-10-21-9-2-6-16(21)13-20/h1,4-5,12,16-17H,2-3,6-11,13,19H2. The van der Waals surface area contributed by atoms with Crippen LogP contribution in [0.5, 0.6) is 0 Å². The molecule has 0 aromatic heterocycles. The van der Waals surface area contributed by atoms with Gasteiger partial charge in [-0.3, -0.25) is 4.90 Å². The van der Waals surface area contributed by atoms with E-state index in [-0.39, 0.29) is 6.04 Å². The molecule has 2 unspecified atom stereocenters. The van der Waals surface area contributed by atoms with Crippen LogP contribution in [0.2, 0.25) is 5.02 Å². The lowest BCUT2D eigenvalue weighted by molar-refractivity contribution is 0.216. The van der Waals surface area contributed by atoms with Crippen LogP contribution in [0.4, 0.5) is 0 Å². The molecule has 116 valence electrons. The first-order chi connectivity index (χ1) is 10.2. The quantitative estimate of drug-likeness (QED) is 0.928. The van der Waals surface area contributed by atoms with Gasteiger partial charge < -0.3 is 10.6 Å². The van der Waals surface area contributed by atoms with E-state index in [0.29, 0.717) is 0 Å². The number of hydrogen-bond donors (Lipinski definition) is 1. The van der Waals surface area contributed by atoms with Crippen LogP contribution >= 0.6 is 11.6 Å². The smallest absolute Gasteiger partial charge is 0.0409 e. The van der Waals surface area contributed by atoms with Crippen LogP contribution in [0.15, 0.2) is 24.3 Å². The van der Waals surface area contributed by atoms with E-state index >= 15 is 0 Å². The van der Waals surface area contributed by atoms with Gasteiger partial charge in [-0.1, -0.05) is 23.7 Å². The molecule has 4 heteroatoms. The lowest BCUT2D eigenvalue weighted by atomic mass is 10.0. The number of nitrogens with zero attached hydrogens (tertiary/aromatic N) is 2. The first kappa shape index (κ1) is 15.3. The van der Waals surface area contributed by atoms with E-state index in [9.17, 15) is 0 Å². The predicted octanol–water partition coefficient (Wildman–Crippen LogP) is 2.90. The molecule has 0 aliphatic carbocycles. The monoisotopic (exact) mass is 307 g/mol. The second-order valence-corrected chi connectivity index (χ2v) is 6.87. The highest BCUT2D eigenvalue weighted by Gasteiger charge is 2.28. The summed E-state index contributed by atoms with van der Waals surface area (Å²) in [5, 5.41) is 0.777. The number of halogens is 1. The number of nitrogens with two attached hydrogens (primary N) is 1. The van der Waals surface area contributed by atoms with Crippen molar-refractivity contribution in [2.75, 3.05) is 32.7 Å². The van der Waals surface area contributed by atoms with Gasteiger partial charge in [-0.2, -0.15) is 0 Å². The molecule has 3 rings (SSSR count). The first-order valence-electron chi connectivity index (χ1n) is 8.20. The van der Waals surface area contributed by atoms with Gasteiger partial charge >= 0.3 is 0 Å². The Labute approximate surface area is 133 Å². The maximum absolute atomic E-state index is 6.33. The molecular weight excluding hydrogens is 282 g/mol. The zero-order valence-corrected chi connectivity index (χ0v) is 13.4. The van der Waals surface area contributed by atoms with Gasteiger partial charge in [-0.05, 0) is 63.0 Å². The summed E-state index contributed by atoms with van der Waals surface area (Å²) in [5.41, 5.74) is 7.48. The minimum absolute atomic E-state index is 0.0895. The SMILES string of the molecule is NC(CCN1CCCN2CCCC2C1)c1cccc(Cl)c1. The van der Waals surface area contributed by atoms with Gasteiger partial charge in [0.05, 0.1) is 0 Å². The second-order valence-electron chi connectivity index (χ2n) is 6.44. The Balaban J connectivity index is 1.52. The van der Waals surface area contributed by atoms with Gasteiger partial charge in [0.1, 0.15) is 0 Å². The Kier molecular flexibility index (Phi) is 5.17. The molecule has 3 nitrogen and oxygen atoms in total. The Bertz CT molecular complexity index is 465. The van der Waals surface area contributed by atoms with Crippen LogP contribution in [-0.2, 0) is 0 Å². The molecule has 0 saturated carbocycles. The molecule has 21 heavy (non-hydrogen) atoms. The van der Waals surface area contributed by atoms with Gasteiger partial charge in [0.2, 0.25) is 0 Å². The minimum Gasteiger partial charge on any atom is -0.324 e. The van der Waals surface area contributed by atoms with Crippen molar-refractivity contribution in [1.29, 1.82) is 0 Å². The molecule has 1 aromatic carbocycles. The summed E-state index contributed by atoms with van der Waals surface area (Å²) >= 11 is 6.05. The van der Waals surface area contributed by atoms with Gasteiger partial charge in [0.25, 0.3) is 0 Å². The maximum atomic E-state index is 6.33. The molecule has 0 radical (unpaired) electrons. The first-order valence-corrected chi connectivity index (χ1v) is 8.57. The average Bonchev–Trinajstić information content (AvgIpc) is 2.83. The van der Waals surface area contributed by atoms with E-state index < -0.39 is 0 Å². The van der Waals surface area contributed by atoms with Crippen LogP contribution < -0.4 is 5.73 Å². The number of rotatable bonds is 4. The summed E-state index contributed by atoms with van der Waals surface area (Å²) in [5.74, 6) is 0. The van der Waals surface area contributed by atoms with E-state index in [4.69, 9.17) is 17.3 Å². The van der Waals surface area contributed by atoms with Crippen LogP contribution in [0, 0.1) is 0 Å². The average molecular weight is 308 g/mol. The van der Waals surface area contributed by atoms with Crippen LogP contribution in [-0.4, -0.2) is 48.6 Å².